The fourth-order valence-electron chi connectivity index (χ4n) is 4.55. The SMILES string of the molecule is COc1ccc(C(NC(=O)C(Cc2ccc(Cl)c(Cl)c2)NC(=O)c2ccccn2)C(=O)N[C@H](C(=O)C(F)(F)C(=O)NCC(F)(F)F)C(C)C)cc1. The Kier molecular flexibility index (Phi) is 13.8. The normalized spacial score (nSPS) is 13.4. The van der Waals surface area contributed by atoms with E-state index in [1.165, 1.54) is 75.7 Å². The molecule has 0 bridgehead atoms. The van der Waals surface area contributed by atoms with Gasteiger partial charge in [0.25, 0.3) is 11.8 Å². The van der Waals surface area contributed by atoms with Crippen LogP contribution >= 0.6 is 23.2 Å². The fraction of sp³-hybridized carbons (Fsp3) is 0.333. The summed E-state index contributed by atoms with van der Waals surface area (Å²) in [5, 5.41) is 8.45. The van der Waals surface area contributed by atoms with Crippen molar-refractivity contribution >= 4 is 52.6 Å². The second-order valence-electron chi connectivity index (χ2n) is 11.4. The number of ketones is 1. The molecular formula is C33H32Cl2F5N5O6. The van der Waals surface area contributed by atoms with Crippen LogP contribution in [-0.4, -0.2) is 72.2 Å². The third-order valence-electron chi connectivity index (χ3n) is 7.23. The molecular weight excluding hydrogens is 728 g/mol. The van der Waals surface area contributed by atoms with Crippen molar-refractivity contribution in [2.45, 2.75) is 50.5 Å². The van der Waals surface area contributed by atoms with Crippen LogP contribution in [0.2, 0.25) is 10.0 Å². The lowest BCUT2D eigenvalue weighted by molar-refractivity contribution is -0.165. The molecule has 2 aromatic carbocycles. The minimum absolute atomic E-state index is 0.0487. The van der Waals surface area contributed by atoms with Crippen LogP contribution in [0.5, 0.6) is 5.75 Å². The quantitative estimate of drug-likeness (QED) is 0.130. The van der Waals surface area contributed by atoms with Crippen molar-refractivity contribution in [2.24, 2.45) is 5.92 Å². The molecule has 0 aliphatic carbocycles. The van der Waals surface area contributed by atoms with Crippen molar-refractivity contribution in [3.8, 4) is 5.75 Å². The van der Waals surface area contributed by atoms with Crippen LogP contribution in [0.3, 0.4) is 0 Å². The van der Waals surface area contributed by atoms with Crippen LogP contribution in [-0.2, 0) is 25.6 Å². The minimum Gasteiger partial charge on any atom is -0.497 e. The lowest BCUT2D eigenvalue weighted by Crippen LogP contribution is -2.58. The first kappa shape index (κ1) is 40.6. The standard InChI is InChI=1S/C33H32Cl2F5N5O6/c1-17(2)25(27(46)33(39,40)31(50)42-16-32(36,37)38)44-30(49)26(19-8-10-20(51-3)11-9-19)45-29(48)24(15-18-7-12-21(34)22(35)14-18)43-28(47)23-6-4-5-13-41-23/h4-14,17,24-26H,15-16H2,1-3H3,(H,42,50)(H,43,47)(H,44,49)(H,45,48)/t24?,25-,26?/m0/s1. The maximum Gasteiger partial charge on any atom is 0.405 e. The summed E-state index contributed by atoms with van der Waals surface area (Å²) in [4.78, 5) is 69.6. The molecule has 0 spiro atoms. The first-order valence-electron chi connectivity index (χ1n) is 15.0. The number of alkyl halides is 5. The number of nitrogens with zero attached hydrogens (tertiary/aromatic N) is 1. The van der Waals surface area contributed by atoms with Crippen molar-refractivity contribution in [1.29, 1.82) is 0 Å². The Morgan fingerprint density at radius 1 is 0.843 bits per heavy atom. The molecule has 1 aromatic heterocycles. The van der Waals surface area contributed by atoms with Gasteiger partial charge in [-0.3, -0.25) is 29.0 Å². The van der Waals surface area contributed by atoms with Gasteiger partial charge in [-0.2, -0.15) is 22.0 Å². The van der Waals surface area contributed by atoms with Crippen LogP contribution in [0, 0.1) is 5.92 Å². The highest BCUT2D eigenvalue weighted by Gasteiger charge is 2.52. The average molecular weight is 761 g/mol. The van der Waals surface area contributed by atoms with Gasteiger partial charge in [-0.25, -0.2) is 0 Å². The minimum atomic E-state index is -5.04. The molecule has 274 valence electrons. The molecule has 51 heavy (non-hydrogen) atoms. The number of rotatable bonds is 15. The van der Waals surface area contributed by atoms with E-state index in [4.69, 9.17) is 27.9 Å². The number of carbonyl (C=O) groups excluding carboxylic acids is 5. The molecule has 0 aliphatic rings. The van der Waals surface area contributed by atoms with Gasteiger partial charge in [-0.15, -0.1) is 0 Å². The summed E-state index contributed by atoms with van der Waals surface area (Å²) < 4.78 is 72.5. The molecule has 0 radical (unpaired) electrons. The number of methoxy groups -OCH3 is 1. The van der Waals surface area contributed by atoms with Gasteiger partial charge >= 0.3 is 12.1 Å². The number of Topliss-reactive ketones (excluding diaryl/α,β-unsaturated/α-hetero) is 1. The average Bonchev–Trinajstić information content (AvgIpc) is 3.09. The molecule has 2 unspecified atom stereocenters. The van der Waals surface area contributed by atoms with Gasteiger partial charge in [0.05, 0.1) is 23.2 Å². The summed E-state index contributed by atoms with van der Waals surface area (Å²) in [6.07, 6.45) is -3.88. The molecule has 11 nitrogen and oxygen atoms in total. The summed E-state index contributed by atoms with van der Waals surface area (Å²) >= 11 is 12.2. The maximum absolute atomic E-state index is 14.9. The highest BCUT2D eigenvalue weighted by atomic mass is 35.5. The molecule has 3 atom stereocenters. The molecule has 3 aromatic rings. The van der Waals surface area contributed by atoms with Crippen molar-refractivity contribution in [3.05, 3.63) is 93.7 Å². The Balaban J connectivity index is 1.97. The van der Waals surface area contributed by atoms with Crippen molar-refractivity contribution in [1.82, 2.24) is 26.3 Å². The van der Waals surface area contributed by atoms with E-state index < -0.39 is 72.1 Å². The van der Waals surface area contributed by atoms with E-state index in [9.17, 15) is 45.9 Å². The molecule has 0 saturated carbocycles. The largest absolute Gasteiger partial charge is 0.497 e. The highest BCUT2D eigenvalue weighted by Crippen LogP contribution is 2.25. The molecule has 0 fully saturated rings. The Labute approximate surface area is 298 Å². The lowest BCUT2D eigenvalue weighted by atomic mass is 9.94. The Hall–Kier alpha value is -4.83. The van der Waals surface area contributed by atoms with Crippen LogP contribution in [0.15, 0.2) is 66.9 Å². The zero-order valence-electron chi connectivity index (χ0n) is 27.1. The topological polar surface area (TPSA) is 156 Å². The van der Waals surface area contributed by atoms with Crippen LogP contribution in [0.25, 0.3) is 0 Å². The molecule has 0 aliphatic heterocycles. The van der Waals surface area contributed by atoms with Gasteiger partial charge in [0.15, 0.2) is 0 Å². The first-order valence-corrected chi connectivity index (χ1v) is 15.8. The number of ether oxygens (including phenoxy) is 1. The van der Waals surface area contributed by atoms with Gasteiger partial charge in [0.2, 0.25) is 17.6 Å². The van der Waals surface area contributed by atoms with E-state index >= 15 is 0 Å². The number of amides is 4. The van der Waals surface area contributed by atoms with E-state index in [1.807, 2.05) is 0 Å². The van der Waals surface area contributed by atoms with Crippen LogP contribution < -0.4 is 26.0 Å². The van der Waals surface area contributed by atoms with Crippen molar-refractivity contribution in [3.63, 3.8) is 0 Å². The van der Waals surface area contributed by atoms with Crippen molar-refractivity contribution < 1.29 is 50.7 Å². The zero-order valence-corrected chi connectivity index (χ0v) is 28.6. The molecule has 0 saturated heterocycles. The summed E-state index contributed by atoms with van der Waals surface area (Å²) in [7, 11) is 1.36. The molecule has 18 heteroatoms. The summed E-state index contributed by atoms with van der Waals surface area (Å²) in [6.45, 7) is 0.362. The predicted molar refractivity (Wildman–Crippen MR) is 175 cm³/mol. The Bertz CT molecular complexity index is 1730. The second-order valence-corrected chi connectivity index (χ2v) is 12.2. The summed E-state index contributed by atoms with van der Waals surface area (Å²) in [5.74, 6) is -13.4. The molecule has 4 N–H and O–H groups in total. The van der Waals surface area contributed by atoms with Crippen LogP contribution in [0.1, 0.15) is 41.5 Å². The van der Waals surface area contributed by atoms with Gasteiger partial charge < -0.3 is 26.0 Å². The number of carbonyl (C=O) groups is 5. The van der Waals surface area contributed by atoms with Gasteiger partial charge in [-0.05, 0) is 53.4 Å². The third kappa shape index (κ3) is 11.3. The number of pyridine rings is 1. The lowest BCUT2D eigenvalue weighted by Gasteiger charge is -2.28. The number of benzene rings is 2. The van der Waals surface area contributed by atoms with Gasteiger partial charge in [0, 0.05) is 12.6 Å². The third-order valence-corrected chi connectivity index (χ3v) is 7.97. The molecule has 1 heterocycles. The molecule has 4 amide bonds. The smallest absolute Gasteiger partial charge is 0.405 e. The number of aromatic nitrogens is 1. The number of hydrogen-bond donors (Lipinski definition) is 4. The van der Waals surface area contributed by atoms with Crippen LogP contribution in [0.4, 0.5) is 22.0 Å². The monoisotopic (exact) mass is 759 g/mol. The van der Waals surface area contributed by atoms with E-state index in [0.29, 0.717) is 11.3 Å². The Morgan fingerprint density at radius 2 is 1.51 bits per heavy atom. The van der Waals surface area contributed by atoms with Crippen molar-refractivity contribution in [2.75, 3.05) is 13.7 Å². The van der Waals surface area contributed by atoms with E-state index in [1.54, 1.807) is 12.1 Å². The van der Waals surface area contributed by atoms with Gasteiger partial charge in [-0.1, -0.05) is 61.3 Å². The van der Waals surface area contributed by atoms with E-state index in [0.717, 1.165) is 5.32 Å². The van der Waals surface area contributed by atoms with Gasteiger partial charge in [0.1, 0.15) is 30.1 Å². The highest BCUT2D eigenvalue weighted by molar-refractivity contribution is 6.42. The van der Waals surface area contributed by atoms with E-state index in [2.05, 4.69) is 20.9 Å². The second kappa shape index (κ2) is 17.4. The number of nitrogens with one attached hydrogen (secondary N) is 4. The first-order chi connectivity index (χ1) is 23.8. The fourth-order valence-corrected chi connectivity index (χ4v) is 4.87. The predicted octanol–water partition coefficient (Wildman–Crippen LogP) is 4.62. The molecule has 3 rings (SSSR count). The zero-order chi connectivity index (χ0) is 38.1. The van der Waals surface area contributed by atoms with E-state index in [-0.39, 0.29) is 27.7 Å². The number of halogens is 7. The Morgan fingerprint density at radius 3 is 2.06 bits per heavy atom. The maximum atomic E-state index is 14.9. The summed E-state index contributed by atoms with van der Waals surface area (Å²) in [5.41, 5.74) is 0.454. The summed E-state index contributed by atoms with van der Waals surface area (Å²) in [6, 6.07) is 9.26. The number of hydrogen-bond acceptors (Lipinski definition) is 7.